The summed E-state index contributed by atoms with van der Waals surface area (Å²) in [5, 5.41) is 19.1. The Balaban J connectivity index is 2.62. The molecule has 78 valence electrons. The molecule has 0 saturated heterocycles. The molecule has 3 heteroatoms. The van der Waals surface area contributed by atoms with Crippen LogP contribution in [0.4, 0.5) is 0 Å². The molecule has 2 aromatic rings. The van der Waals surface area contributed by atoms with Crippen molar-refractivity contribution in [3.05, 3.63) is 35.7 Å². The first-order valence-corrected chi connectivity index (χ1v) is 4.76. The van der Waals surface area contributed by atoms with Crippen LogP contribution in [0.2, 0.25) is 0 Å². The number of nitrogens with one attached hydrogen (secondary N) is 1. The molecule has 0 radical (unpaired) electrons. The number of aromatic nitrogens is 1. The number of aryl methyl sites for hydroxylation is 2. The molecule has 0 atom stereocenters. The summed E-state index contributed by atoms with van der Waals surface area (Å²) in [6.45, 7) is 3.89. The summed E-state index contributed by atoms with van der Waals surface area (Å²) < 4.78 is 0. The van der Waals surface area contributed by atoms with Crippen molar-refractivity contribution in [2.75, 3.05) is 0 Å². The van der Waals surface area contributed by atoms with Crippen molar-refractivity contribution in [1.82, 2.24) is 4.98 Å². The highest BCUT2D eigenvalue weighted by atomic mass is 16.3. The molecule has 0 spiro atoms. The van der Waals surface area contributed by atoms with Crippen LogP contribution in [0.1, 0.15) is 11.4 Å². The quantitative estimate of drug-likeness (QED) is 0.624. The van der Waals surface area contributed by atoms with Gasteiger partial charge in [-0.05, 0) is 38.1 Å². The molecule has 2 rings (SSSR count). The highest BCUT2D eigenvalue weighted by Crippen LogP contribution is 2.34. The number of H-pyrrole nitrogens is 1. The second kappa shape index (κ2) is 3.35. The van der Waals surface area contributed by atoms with Crippen LogP contribution in [0.25, 0.3) is 11.1 Å². The Morgan fingerprint density at radius 1 is 1.00 bits per heavy atom. The fraction of sp³-hybridized carbons (Fsp3) is 0.167. The van der Waals surface area contributed by atoms with Gasteiger partial charge in [0.05, 0.1) is 0 Å². The molecule has 0 bridgehead atoms. The molecule has 0 saturated carbocycles. The van der Waals surface area contributed by atoms with E-state index in [-0.39, 0.29) is 11.5 Å². The van der Waals surface area contributed by atoms with Gasteiger partial charge in [0, 0.05) is 22.5 Å². The van der Waals surface area contributed by atoms with Gasteiger partial charge in [-0.25, -0.2) is 0 Å². The molecule has 3 nitrogen and oxygen atoms in total. The van der Waals surface area contributed by atoms with Crippen molar-refractivity contribution in [2.45, 2.75) is 13.8 Å². The van der Waals surface area contributed by atoms with Crippen molar-refractivity contribution < 1.29 is 10.2 Å². The second-order valence-electron chi connectivity index (χ2n) is 3.69. The lowest BCUT2D eigenvalue weighted by Crippen LogP contribution is -1.80. The maximum Gasteiger partial charge on any atom is 0.123 e. The van der Waals surface area contributed by atoms with Crippen LogP contribution < -0.4 is 0 Å². The average Bonchev–Trinajstić information content (AvgIpc) is 2.50. The Morgan fingerprint density at radius 2 is 1.73 bits per heavy atom. The minimum Gasteiger partial charge on any atom is -0.508 e. The summed E-state index contributed by atoms with van der Waals surface area (Å²) >= 11 is 0. The summed E-state index contributed by atoms with van der Waals surface area (Å²) in [6.07, 6.45) is 0. The summed E-state index contributed by atoms with van der Waals surface area (Å²) in [7, 11) is 0. The van der Waals surface area contributed by atoms with Crippen LogP contribution in [0, 0.1) is 13.8 Å². The first-order chi connectivity index (χ1) is 7.08. The molecular weight excluding hydrogens is 190 g/mol. The van der Waals surface area contributed by atoms with E-state index in [1.54, 1.807) is 6.07 Å². The van der Waals surface area contributed by atoms with E-state index >= 15 is 0 Å². The van der Waals surface area contributed by atoms with Crippen LogP contribution in [0.5, 0.6) is 11.5 Å². The standard InChI is InChI=1S/C12H13NO2/c1-7-5-10(8(2)13-7)11-6-9(14)3-4-12(11)15/h3-6,13-15H,1-2H3. The maximum absolute atomic E-state index is 9.70. The molecule has 1 aromatic heterocycles. The number of phenolic OH excluding ortho intramolecular Hbond substituents is 2. The predicted octanol–water partition coefficient (Wildman–Crippen LogP) is 2.71. The van der Waals surface area contributed by atoms with Gasteiger partial charge >= 0.3 is 0 Å². The number of benzene rings is 1. The third kappa shape index (κ3) is 1.68. The average molecular weight is 203 g/mol. The van der Waals surface area contributed by atoms with E-state index in [0.717, 1.165) is 17.0 Å². The lowest BCUT2D eigenvalue weighted by Gasteiger charge is -2.04. The van der Waals surface area contributed by atoms with Crippen molar-refractivity contribution in [2.24, 2.45) is 0 Å². The van der Waals surface area contributed by atoms with Crippen LogP contribution in [-0.4, -0.2) is 15.2 Å². The molecular formula is C12H13NO2. The Hall–Kier alpha value is -1.90. The number of phenols is 2. The Bertz CT molecular complexity index is 500. The van der Waals surface area contributed by atoms with Gasteiger partial charge in [0.2, 0.25) is 0 Å². The molecule has 0 unspecified atom stereocenters. The normalized spacial score (nSPS) is 10.5. The second-order valence-corrected chi connectivity index (χ2v) is 3.69. The van der Waals surface area contributed by atoms with Crippen molar-refractivity contribution >= 4 is 0 Å². The first-order valence-electron chi connectivity index (χ1n) is 4.76. The zero-order valence-electron chi connectivity index (χ0n) is 8.70. The number of hydrogen-bond acceptors (Lipinski definition) is 2. The van der Waals surface area contributed by atoms with Gasteiger partial charge in [-0.3, -0.25) is 0 Å². The van der Waals surface area contributed by atoms with E-state index in [1.807, 2.05) is 19.9 Å². The van der Waals surface area contributed by atoms with Crippen molar-refractivity contribution in [3.63, 3.8) is 0 Å². The van der Waals surface area contributed by atoms with Gasteiger partial charge in [-0.1, -0.05) is 0 Å². The molecule has 0 fully saturated rings. The van der Waals surface area contributed by atoms with E-state index in [1.165, 1.54) is 12.1 Å². The molecule has 1 heterocycles. The minimum absolute atomic E-state index is 0.154. The summed E-state index contributed by atoms with van der Waals surface area (Å²) in [6, 6.07) is 6.47. The molecule has 3 N–H and O–H groups in total. The van der Waals surface area contributed by atoms with E-state index in [4.69, 9.17) is 0 Å². The Labute approximate surface area is 88.0 Å². The van der Waals surface area contributed by atoms with Gasteiger partial charge in [0.25, 0.3) is 0 Å². The number of hydrogen-bond donors (Lipinski definition) is 3. The molecule has 0 amide bonds. The molecule has 0 aliphatic heterocycles. The van der Waals surface area contributed by atoms with Crippen molar-refractivity contribution in [1.29, 1.82) is 0 Å². The largest absolute Gasteiger partial charge is 0.508 e. The highest BCUT2D eigenvalue weighted by Gasteiger charge is 2.09. The van der Waals surface area contributed by atoms with Crippen LogP contribution in [-0.2, 0) is 0 Å². The predicted molar refractivity (Wildman–Crippen MR) is 59.0 cm³/mol. The molecule has 0 aliphatic rings. The summed E-state index contributed by atoms with van der Waals surface area (Å²) in [4.78, 5) is 3.16. The topological polar surface area (TPSA) is 56.2 Å². The SMILES string of the molecule is Cc1cc(-c2cc(O)ccc2O)c(C)[nH]1. The summed E-state index contributed by atoms with van der Waals surface area (Å²) in [5.41, 5.74) is 3.58. The van der Waals surface area contributed by atoms with E-state index in [0.29, 0.717) is 5.56 Å². The van der Waals surface area contributed by atoms with Gasteiger partial charge < -0.3 is 15.2 Å². The minimum atomic E-state index is 0.154. The molecule has 1 aromatic carbocycles. The van der Waals surface area contributed by atoms with Gasteiger partial charge in [-0.15, -0.1) is 0 Å². The van der Waals surface area contributed by atoms with Crippen LogP contribution in [0.3, 0.4) is 0 Å². The third-order valence-electron chi connectivity index (χ3n) is 2.42. The zero-order valence-corrected chi connectivity index (χ0v) is 8.70. The highest BCUT2D eigenvalue weighted by molar-refractivity contribution is 5.74. The fourth-order valence-electron chi connectivity index (χ4n) is 1.74. The smallest absolute Gasteiger partial charge is 0.123 e. The Morgan fingerprint density at radius 3 is 2.33 bits per heavy atom. The van der Waals surface area contributed by atoms with Gasteiger partial charge in [0.1, 0.15) is 11.5 Å². The maximum atomic E-state index is 9.70. The van der Waals surface area contributed by atoms with Crippen molar-refractivity contribution in [3.8, 4) is 22.6 Å². The monoisotopic (exact) mass is 203 g/mol. The number of rotatable bonds is 1. The molecule has 0 aliphatic carbocycles. The van der Waals surface area contributed by atoms with Gasteiger partial charge in [-0.2, -0.15) is 0 Å². The third-order valence-corrected chi connectivity index (χ3v) is 2.42. The van der Waals surface area contributed by atoms with E-state index < -0.39 is 0 Å². The van der Waals surface area contributed by atoms with E-state index in [2.05, 4.69) is 4.98 Å². The molecule has 15 heavy (non-hydrogen) atoms. The fourth-order valence-corrected chi connectivity index (χ4v) is 1.74. The first kappa shape index (κ1) is 9.65. The lowest BCUT2D eigenvalue weighted by molar-refractivity contribution is 0.462. The zero-order chi connectivity index (χ0) is 11.0. The summed E-state index contributed by atoms with van der Waals surface area (Å²) in [5.74, 6) is 0.330. The lowest BCUT2D eigenvalue weighted by atomic mass is 10.0. The van der Waals surface area contributed by atoms with Gasteiger partial charge in [0.15, 0.2) is 0 Å². The van der Waals surface area contributed by atoms with E-state index in [9.17, 15) is 10.2 Å². The number of aromatic hydroxyl groups is 2. The Kier molecular flexibility index (Phi) is 2.15. The van der Waals surface area contributed by atoms with Crippen LogP contribution >= 0.6 is 0 Å². The van der Waals surface area contributed by atoms with Crippen LogP contribution in [0.15, 0.2) is 24.3 Å². The number of aromatic amines is 1.